The third-order valence-corrected chi connectivity index (χ3v) is 2.78. The number of benzene rings is 1. The molecular weight excluding hydrogens is 247 g/mol. The number of Topliss-reactive ketones (excluding diaryl/α,β-unsaturated/α-hetero) is 1. The van der Waals surface area contributed by atoms with E-state index in [1.165, 1.54) is 0 Å². The molecule has 1 aromatic heterocycles. The molecule has 0 saturated carbocycles. The molecule has 1 aromatic carbocycles. The van der Waals surface area contributed by atoms with Gasteiger partial charge in [-0.2, -0.15) is 5.10 Å². The predicted octanol–water partition coefficient (Wildman–Crippen LogP) is 3.14. The molecule has 0 aliphatic rings. The van der Waals surface area contributed by atoms with Crippen LogP contribution in [0, 0.1) is 0 Å². The van der Waals surface area contributed by atoms with Crippen molar-refractivity contribution in [3.8, 4) is 0 Å². The Bertz CT molecular complexity index is 488. The van der Waals surface area contributed by atoms with Crippen molar-refractivity contribution in [3.63, 3.8) is 0 Å². The first-order valence-corrected chi connectivity index (χ1v) is 5.39. The zero-order valence-electron chi connectivity index (χ0n) is 8.21. The molecule has 2 aromatic rings. The number of aromatic nitrogens is 2. The van der Waals surface area contributed by atoms with E-state index in [4.69, 9.17) is 23.2 Å². The minimum atomic E-state index is -0.125. The number of nitrogens with zero attached hydrogens (tertiary/aromatic N) is 1. The van der Waals surface area contributed by atoms with Gasteiger partial charge in [-0.3, -0.25) is 9.89 Å². The lowest BCUT2D eigenvalue weighted by molar-refractivity contribution is 0.0992. The van der Waals surface area contributed by atoms with Gasteiger partial charge in [0.25, 0.3) is 0 Å². The standard InChI is InChI=1S/C11H8Cl2N2O/c12-8-2-1-3-9(13)11(8)10(16)6-7-4-5-14-15-7/h1-5H,6H2,(H,14,15). The maximum Gasteiger partial charge on any atom is 0.171 e. The molecule has 16 heavy (non-hydrogen) atoms. The summed E-state index contributed by atoms with van der Waals surface area (Å²) in [5.74, 6) is -0.125. The number of rotatable bonds is 3. The Morgan fingerprint density at radius 3 is 2.50 bits per heavy atom. The molecule has 0 amide bonds. The second-order valence-corrected chi connectivity index (χ2v) is 4.09. The number of nitrogens with one attached hydrogen (secondary N) is 1. The summed E-state index contributed by atoms with van der Waals surface area (Å²) < 4.78 is 0. The highest BCUT2D eigenvalue weighted by Gasteiger charge is 2.15. The Morgan fingerprint density at radius 2 is 1.94 bits per heavy atom. The SMILES string of the molecule is O=C(Cc1ccn[nH]1)c1c(Cl)cccc1Cl. The van der Waals surface area contributed by atoms with E-state index in [2.05, 4.69) is 10.2 Å². The van der Waals surface area contributed by atoms with Crippen molar-refractivity contribution >= 4 is 29.0 Å². The van der Waals surface area contributed by atoms with Gasteiger partial charge in [-0.15, -0.1) is 0 Å². The number of carbonyl (C=O) groups excluding carboxylic acids is 1. The van der Waals surface area contributed by atoms with E-state index in [0.717, 1.165) is 5.69 Å². The molecule has 0 bridgehead atoms. The average molecular weight is 255 g/mol. The van der Waals surface area contributed by atoms with Crippen LogP contribution in [0.3, 0.4) is 0 Å². The minimum absolute atomic E-state index is 0.125. The van der Waals surface area contributed by atoms with Crippen LogP contribution in [0.5, 0.6) is 0 Å². The molecule has 0 unspecified atom stereocenters. The summed E-state index contributed by atoms with van der Waals surface area (Å²) in [5.41, 5.74) is 1.10. The molecule has 0 aliphatic heterocycles. The zero-order valence-corrected chi connectivity index (χ0v) is 9.72. The molecule has 82 valence electrons. The topological polar surface area (TPSA) is 45.8 Å². The number of ketones is 1. The van der Waals surface area contributed by atoms with Gasteiger partial charge < -0.3 is 0 Å². The lowest BCUT2D eigenvalue weighted by Gasteiger charge is -2.04. The van der Waals surface area contributed by atoms with Gasteiger partial charge in [-0.1, -0.05) is 29.3 Å². The number of H-pyrrole nitrogens is 1. The van der Waals surface area contributed by atoms with E-state index in [9.17, 15) is 4.79 Å². The Labute approximate surface area is 102 Å². The van der Waals surface area contributed by atoms with Gasteiger partial charge in [0.05, 0.1) is 22.0 Å². The molecule has 0 saturated heterocycles. The quantitative estimate of drug-likeness (QED) is 0.856. The predicted molar refractivity (Wildman–Crippen MR) is 63.1 cm³/mol. The zero-order chi connectivity index (χ0) is 11.5. The van der Waals surface area contributed by atoms with Crippen LogP contribution in [0.1, 0.15) is 16.1 Å². The summed E-state index contributed by atoms with van der Waals surface area (Å²) in [6.45, 7) is 0. The summed E-state index contributed by atoms with van der Waals surface area (Å²) in [5, 5.41) is 7.23. The van der Waals surface area contributed by atoms with Crippen LogP contribution in [0.15, 0.2) is 30.5 Å². The molecule has 0 radical (unpaired) electrons. The fourth-order valence-corrected chi connectivity index (χ4v) is 2.02. The fraction of sp³-hybridized carbons (Fsp3) is 0.0909. The minimum Gasteiger partial charge on any atom is -0.294 e. The molecule has 0 atom stereocenters. The number of aromatic amines is 1. The van der Waals surface area contributed by atoms with E-state index in [-0.39, 0.29) is 12.2 Å². The largest absolute Gasteiger partial charge is 0.294 e. The van der Waals surface area contributed by atoms with Gasteiger partial charge >= 0.3 is 0 Å². The van der Waals surface area contributed by atoms with Crippen molar-refractivity contribution in [1.82, 2.24) is 10.2 Å². The Kier molecular flexibility index (Phi) is 3.27. The molecular formula is C11H8Cl2N2O. The van der Waals surface area contributed by atoms with Gasteiger partial charge in [0.2, 0.25) is 0 Å². The van der Waals surface area contributed by atoms with E-state index in [0.29, 0.717) is 15.6 Å². The summed E-state index contributed by atoms with van der Waals surface area (Å²) in [4.78, 5) is 11.9. The van der Waals surface area contributed by atoms with E-state index >= 15 is 0 Å². The second kappa shape index (κ2) is 4.68. The van der Waals surface area contributed by atoms with E-state index < -0.39 is 0 Å². The first-order valence-electron chi connectivity index (χ1n) is 4.64. The molecule has 2 rings (SSSR count). The van der Waals surface area contributed by atoms with Gasteiger partial charge in [0.15, 0.2) is 5.78 Å². The molecule has 0 aliphatic carbocycles. The van der Waals surface area contributed by atoms with Crippen molar-refractivity contribution in [2.45, 2.75) is 6.42 Å². The van der Waals surface area contributed by atoms with Crippen molar-refractivity contribution in [3.05, 3.63) is 51.8 Å². The average Bonchev–Trinajstić information content (AvgIpc) is 2.70. The summed E-state index contributed by atoms with van der Waals surface area (Å²) in [6, 6.07) is 6.74. The van der Waals surface area contributed by atoms with Gasteiger partial charge in [-0.25, -0.2) is 0 Å². The number of hydrogen-bond acceptors (Lipinski definition) is 2. The van der Waals surface area contributed by atoms with Gasteiger partial charge in [0.1, 0.15) is 0 Å². The Balaban J connectivity index is 2.28. The number of carbonyl (C=O) groups is 1. The van der Waals surface area contributed by atoms with Crippen LogP contribution >= 0.6 is 23.2 Å². The van der Waals surface area contributed by atoms with Crippen LogP contribution in [0.4, 0.5) is 0 Å². The summed E-state index contributed by atoms with van der Waals surface area (Å²) >= 11 is 11.9. The van der Waals surface area contributed by atoms with Crippen LogP contribution in [-0.4, -0.2) is 16.0 Å². The van der Waals surface area contributed by atoms with Crippen molar-refractivity contribution in [2.24, 2.45) is 0 Å². The highest BCUT2D eigenvalue weighted by molar-refractivity contribution is 6.39. The van der Waals surface area contributed by atoms with E-state index in [1.54, 1.807) is 30.5 Å². The van der Waals surface area contributed by atoms with Crippen molar-refractivity contribution < 1.29 is 4.79 Å². The van der Waals surface area contributed by atoms with Crippen LogP contribution in [0.2, 0.25) is 10.0 Å². The maximum atomic E-state index is 11.9. The Hall–Kier alpha value is -1.32. The fourth-order valence-electron chi connectivity index (χ4n) is 1.41. The molecule has 3 nitrogen and oxygen atoms in total. The lowest BCUT2D eigenvalue weighted by Crippen LogP contribution is -2.05. The third kappa shape index (κ3) is 2.26. The smallest absolute Gasteiger partial charge is 0.171 e. The maximum absolute atomic E-state index is 11.9. The first kappa shape index (κ1) is 11.2. The first-order chi connectivity index (χ1) is 7.68. The number of hydrogen-bond donors (Lipinski definition) is 1. The molecule has 0 spiro atoms. The van der Waals surface area contributed by atoms with Gasteiger partial charge in [-0.05, 0) is 18.2 Å². The number of halogens is 2. The van der Waals surface area contributed by atoms with Crippen LogP contribution in [0.25, 0.3) is 0 Å². The molecule has 5 heteroatoms. The van der Waals surface area contributed by atoms with Crippen LogP contribution < -0.4 is 0 Å². The second-order valence-electron chi connectivity index (χ2n) is 3.28. The molecule has 1 heterocycles. The summed E-state index contributed by atoms with van der Waals surface area (Å²) in [7, 11) is 0. The highest BCUT2D eigenvalue weighted by Crippen LogP contribution is 2.25. The van der Waals surface area contributed by atoms with Gasteiger partial charge in [0, 0.05) is 11.9 Å². The van der Waals surface area contributed by atoms with Crippen molar-refractivity contribution in [1.29, 1.82) is 0 Å². The normalized spacial score (nSPS) is 10.4. The van der Waals surface area contributed by atoms with Crippen molar-refractivity contribution in [2.75, 3.05) is 0 Å². The molecule has 1 N–H and O–H groups in total. The van der Waals surface area contributed by atoms with E-state index in [1.807, 2.05) is 0 Å². The van der Waals surface area contributed by atoms with Crippen LogP contribution in [-0.2, 0) is 6.42 Å². The lowest BCUT2D eigenvalue weighted by atomic mass is 10.1. The molecule has 0 fully saturated rings. The summed E-state index contributed by atoms with van der Waals surface area (Å²) in [6.07, 6.45) is 1.81. The monoisotopic (exact) mass is 254 g/mol. The highest BCUT2D eigenvalue weighted by atomic mass is 35.5. The third-order valence-electron chi connectivity index (χ3n) is 2.15. The Morgan fingerprint density at radius 1 is 1.25 bits per heavy atom.